The summed E-state index contributed by atoms with van der Waals surface area (Å²) < 4.78 is 36.0. The Kier molecular flexibility index (Phi) is 15.1. The van der Waals surface area contributed by atoms with Gasteiger partial charge in [0.15, 0.2) is 0 Å². The number of aryl methyl sites for hydroxylation is 2. The summed E-state index contributed by atoms with van der Waals surface area (Å²) >= 11 is 0. The van der Waals surface area contributed by atoms with E-state index in [2.05, 4.69) is 26.0 Å². The predicted molar refractivity (Wildman–Crippen MR) is 126 cm³/mol. The van der Waals surface area contributed by atoms with Crippen molar-refractivity contribution in [1.82, 2.24) is 0 Å². The molecule has 168 valence electrons. The fourth-order valence-electron chi connectivity index (χ4n) is 4.26. The van der Waals surface area contributed by atoms with Gasteiger partial charge < -0.3 is 4.55 Å². The van der Waals surface area contributed by atoms with Gasteiger partial charge in [0.1, 0.15) is 10.1 Å². The van der Waals surface area contributed by atoms with E-state index in [1.807, 2.05) is 12.1 Å². The Morgan fingerprint density at radius 2 is 1.23 bits per heavy atom. The van der Waals surface area contributed by atoms with E-state index in [4.69, 9.17) is 0 Å². The summed E-state index contributed by atoms with van der Waals surface area (Å²) in [5.74, 6) is 0. The van der Waals surface area contributed by atoms with Crippen LogP contribution in [-0.2, 0) is 23.0 Å². The maximum atomic E-state index is 12.0. The van der Waals surface area contributed by atoms with E-state index < -0.39 is 10.1 Å². The zero-order valence-corrected chi connectivity index (χ0v) is 23.9. The van der Waals surface area contributed by atoms with Crippen molar-refractivity contribution in [2.24, 2.45) is 0 Å². The van der Waals surface area contributed by atoms with E-state index in [0.29, 0.717) is 12.0 Å². The van der Waals surface area contributed by atoms with Gasteiger partial charge in [-0.15, -0.1) is 0 Å². The molecule has 0 saturated heterocycles. The number of benzene rings is 2. The predicted octanol–water partition coefficient (Wildman–Crippen LogP) is 4.55. The molecule has 0 aliphatic carbocycles. The first-order chi connectivity index (χ1) is 14.5. The van der Waals surface area contributed by atoms with E-state index in [9.17, 15) is 13.0 Å². The Hall–Kier alpha value is 0.246. The van der Waals surface area contributed by atoms with E-state index in [-0.39, 0.29) is 56.3 Å². The van der Waals surface area contributed by atoms with Crippen LogP contribution in [0.3, 0.4) is 0 Å². The number of hydrogen-bond acceptors (Lipinski definition) is 3. The molecule has 0 spiro atoms. The molecule has 0 aliphatic heterocycles. The van der Waals surface area contributed by atoms with Crippen molar-refractivity contribution in [1.29, 1.82) is 0 Å². The molecule has 0 atom stereocenters. The number of fused-ring (bicyclic) bond motifs is 1. The number of hydrogen-bond donors (Lipinski definition) is 0. The first kappa shape index (κ1) is 29.3. The van der Waals surface area contributed by atoms with Gasteiger partial charge in [-0.25, -0.2) is 8.42 Å². The van der Waals surface area contributed by atoms with Gasteiger partial charge in [0.2, 0.25) is 0 Å². The third-order valence-corrected chi connectivity index (χ3v) is 6.94. The third kappa shape index (κ3) is 10.4. The fourth-order valence-corrected chi connectivity index (χ4v) is 5.00. The molecular weight excluding hydrogens is 431 g/mol. The minimum atomic E-state index is -4.48. The Morgan fingerprint density at radius 1 is 0.710 bits per heavy atom. The average molecular weight is 471 g/mol. The molecule has 2 rings (SSSR count). The van der Waals surface area contributed by atoms with Crippen LogP contribution in [0.15, 0.2) is 35.2 Å². The van der Waals surface area contributed by atoms with E-state index in [0.717, 1.165) is 42.0 Å². The Morgan fingerprint density at radius 3 is 1.77 bits per heavy atom. The standard InChI is InChI=1S/C26H40O3S.K/c1-3-5-7-9-11-13-16-22-18-15-19-23-20-24(17-14-12-10-8-6-4-2)26(21-25(22)23)30(27,28)29;/h15,18-21H,3-14,16-17H2,1-2H3,(H,27,28,29);/q;+1/p-1. The van der Waals surface area contributed by atoms with E-state index >= 15 is 0 Å². The van der Waals surface area contributed by atoms with Crippen LogP contribution >= 0.6 is 0 Å². The van der Waals surface area contributed by atoms with Gasteiger partial charge in [-0.2, -0.15) is 0 Å². The molecule has 0 unspecified atom stereocenters. The van der Waals surface area contributed by atoms with Crippen LogP contribution in [0, 0.1) is 0 Å². The Bertz CT molecular complexity index is 878. The summed E-state index contributed by atoms with van der Waals surface area (Å²) in [5.41, 5.74) is 1.84. The second-order valence-corrected chi connectivity index (χ2v) is 9.94. The summed E-state index contributed by atoms with van der Waals surface area (Å²) in [6, 6.07) is 9.75. The van der Waals surface area contributed by atoms with Crippen molar-refractivity contribution in [3.05, 3.63) is 41.5 Å². The largest absolute Gasteiger partial charge is 1.00 e. The van der Waals surface area contributed by atoms with Crippen LogP contribution in [0.4, 0.5) is 0 Å². The van der Waals surface area contributed by atoms with Crippen molar-refractivity contribution >= 4 is 20.9 Å². The minimum Gasteiger partial charge on any atom is -0.744 e. The van der Waals surface area contributed by atoms with Crippen LogP contribution in [0.25, 0.3) is 10.8 Å². The molecule has 2 aromatic rings. The van der Waals surface area contributed by atoms with Gasteiger partial charge >= 0.3 is 51.4 Å². The molecule has 3 nitrogen and oxygen atoms in total. The van der Waals surface area contributed by atoms with Crippen molar-refractivity contribution < 1.29 is 64.4 Å². The molecule has 0 aliphatic rings. The summed E-state index contributed by atoms with van der Waals surface area (Å²) in [4.78, 5) is -0.0149. The fraction of sp³-hybridized carbons (Fsp3) is 0.615. The molecule has 5 heteroatoms. The monoisotopic (exact) mass is 470 g/mol. The van der Waals surface area contributed by atoms with Gasteiger partial charge in [-0.3, -0.25) is 0 Å². The summed E-state index contributed by atoms with van der Waals surface area (Å²) in [5, 5.41) is 1.97. The number of rotatable bonds is 15. The molecule has 0 saturated carbocycles. The van der Waals surface area contributed by atoms with Crippen LogP contribution in [0.5, 0.6) is 0 Å². The molecular formula is C26H39KO3S. The molecule has 0 aromatic heterocycles. The second kappa shape index (κ2) is 16.0. The van der Waals surface area contributed by atoms with Crippen LogP contribution in [0.2, 0.25) is 0 Å². The van der Waals surface area contributed by atoms with Crippen LogP contribution < -0.4 is 51.4 Å². The third-order valence-electron chi connectivity index (χ3n) is 6.02. The van der Waals surface area contributed by atoms with Crippen molar-refractivity contribution in [2.75, 3.05) is 0 Å². The van der Waals surface area contributed by atoms with Gasteiger partial charge in [0.25, 0.3) is 0 Å². The summed E-state index contributed by atoms with van der Waals surface area (Å²) in [7, 11) is -4.48. The normalized spacial score (nSPS) is 11.6. The quantitative estimate of drug-likeness (QED) is 0.218. The smallest absolute Gasteiger partial charge is 0.744 e. The Labute approximate surface area is 233 Å². The average Bonchev–Trinajstić information content (AvgIpc) is 2.72. The summed E-state index contributed by atoms with van der Waals surface area (Å²) in [6.45, 7) is 4.42. The van der Waals surface area contributed by atoms with Crippen molar-refractivity contribution in [3.8, 4) is 0 Å². The van der Waals surface area contributed by atoms with Crippen molar-refractivity contribution in [3.63, 3.8) is 0 Å². The van der Waals surface area contributed by atoms with Gasteiger partial charge in [-0.1, -0.05) is 96.3 Å². The molecule has 0 fully saturated rings. The molecule has 0 amide bonds. The first-order valence-corrected chi connectivity index (χ1v) is 13.4. The maximum Gasteiger partial charge on any atom is 1.00 e. The zero-order valence-electron chi connectivity index (χ0n) is 19.9. The molecule has 0 heterocycles. The topological polar surface area (TPSA) is 57.2 Å². The second-order valence-electron chi connectivity index (χ2n) is 8.59. The van der Waals surface area contributed by atoms with Gasteiger partial charge in [0, 0.05) is 0 Å². The van der Waals surface area contributed by atoms with Gasteiger partial charge in [-0.05, 0) is 59.7 Å². The Balaban J connectivity index is 0.00000480. The summed E-state index contributed by atoms with van der Waals surface area (Å²) in [6.07, 6.45) is 15.8. The maximum absolute atomic E-state index is 12.0. The molecule has 0 N–H and O–H groups in total. The van der Waals surface area contributed by atoms with E-state index in [1.54, 1.807) is 6.07 Å². The molecule has 0 bridgehead atoms. The van der Waals surface area contributed by atoms with Crippen LogP contribution in [0.1, 0.15) is 102 Å². The minimum absolute atomic E-state index is 0. The molecule has 2 aromatic carbocycles. The molecule has 31 heavy (non-hydrogen) atoms. The van der Waals surface area contributed by atoms with E-state index in [1.165, 1.54) is 57.8 Å². The SMILES string of the molecule is CCCCCCCCc1cc2cccc(CCCCCCCC)c2cc1S(=O)(=O)[O-].[K+]. The first-order valence-electron chi connectivity index (χ1n) is 12.0. The van der Waals surface area contributed by atoms with Crippen LogP contribution in [-0.4, -0.2) is 13.0 Å². The van der Waals surface area contributed by atoms with Crippen molar-refractivity contribution in [2.45, 2.75) is 109 Å². The van der Waals surface area contributed by atoms with Gasteiger partial charge in [0.05, 0.1) is 4.90 Å². The zero-order chi connectivity index (χ0) is 21.8. The number of unbranched alkanes of at least 4 members (excludes halogenated alkanes) is 10. The molecule has 0 radical (unpaired) electrons.